The number of allylic oxidation sites excluding steroid dienone is 1. The second-order valence-corrected chi connectivity index (χ2v) is 12.1. The molecule has 1 saturated heterocycles. The van der Waals surface area contributed by atoms with Gasteiger partial charge in [-0.25, -0.2) is 0 Å². The van der Waals surface area contributed by atoms with E-state index in [9.17, 15) is 14.7 Å². The fourth-order valence-electron chi connectivity index (χ4n) is 3.67. The van der Waals surface area contributed by atoms with Crippen LogP contribution in [-0.4, -0.2) is 52.9 Å². The first-order valence-corrected chi connectivity index (χ1v) is 13.4. The Labute approximate surface area is 206 Å². The molecule has 1 unspecified atom stereocenters. The minimum atomic E-state index is -3.09. The van der Waals surface area contributed by atoms with Crippen molar-refractivity contribution >= 4 is 25.6 Å². The third kappa shape index (κ3) is 6.41. The summed E-state index contributed by atoms with van der Waals surface area (Å²) >= 11 is 0. The zero-order valence-corrected chi connectivity index (χ0v) is 21.8. The van der Waals surface area contributed by atoms with Crippen LogP contribution in [0.2, 0.25) is 0 Å². The van der Waals surface area contributed by atoms with E-state index in [1.807, 2.05) is 33.9 Å². The summed E-state index contributed by atoms with van der Waals surface area (Å²) < 4.78 is 38.2. The van der Waals surface area contributed by atoms with E-state index < -0.39 is 30.6 Å². The highest BCUT2D eigenvalue weighted by atomic mass is 31.2. The molecule has 12 heteroatoms. The summed E-state index contributed by atoms with van der Waals surface area (Å²) in [7, 11) is -2.20. The molecule has 10 nitrogen and oxygen atoms in total. The molecule has 1 aromatic heterocycles. The number of hydrogen-bond acceptors (Lipinski definition) is 8. The normalized spacial score (nSPS) is 18.3. The van der Waals surface area contributed by atoms with Crippen LogP contribution in [0.4, 0.5) is 5.69 Å². The maximum absolute atomic E-state index is 13.4. The lowest BCUT2D eigenvalue weighted by Gasteiger charge is -2.32. The topological polar surface area (TPSA) is 115 Å². The highest BCUT2D eigenvalue weighted by molar-refractivity contribution is 7.58. The molecule has 0 radical (unpaired) electrons. The predicted octanol–water partition coefficient (Wildman–Crippen LogP) is 4.17. The second kappa shape index (κ2) is 10.7. The van der Waals surface area contributed by atoms with Crippen LogP contribution in [0, 0.1) is 10.1 Å². The van der Waals surface area contributed by atoms with Crippen molar-refractivity contribution in [3.63, 3.8) is 0 Å². The summed E-state index contributed by atoms with van der Waals surface area (Å²) in [6.07, 6.45) is 6.09. The van der Waals surface area contributed by atoms with Gasteiger partial charge < -0.3 is 18.6 Å². The van der Waals surface area contributed by atoms with Gasteiger partial charge in [0.1, 0.15) is 0 Å². The number of aryl methyl sites for hydroxylation is 1. The van der Waals surface area contributed by atoms with E-state index in [4.69, 9.17) is 18.6 Å². The number of aromatic nitrogens is 2. The van der Waals surface area contributed by atoms with Gasteiger partial charge in [0.15, 0.2) is 5.75 Å². The van der Waals surface area contributed by atoms with Crippen molar-refractivity contribution in [2.45, 2.75) is 58.0 Å². The lowest BCUT2D eigenvalue weighted by molar-refractivity contribution is -0.385. The van der Waals surface area contributed by atoms with Crippen LogP contribution in [0.3, 0.4) is 0 Å². The zero-order valence-electron chi connectivity index (χ0n) is 20.9. The molecule has 190 valence electrons. The molecule has 0 N–H and O–H groups in total. The predicted molar refractivity (Wildman–Crippen MR) is 135 cm³/mol. The van der Waals surface area contributed by atoms with Crippen LogP contribution in [0.15, 0.2) is 43.2 Å². The Morgan fingerprint density at radius 2 is 1.97 bits per heavy atom. The van der Waals surface area contributed by atoms with Crippen molar-refractivity contribution in [2.24, 2.45) is 0 Å². The van der Waals surface area contributed by atoms with E-state index >= 15 is 0 Å². The summed E-state index contributed by atoms with van der Waals surface area (Å²) in [4.78, 5) is 10.6. The Hall–Kier alpha value is -2.46. The SMILES string of the molecule is C=CCP(=O)(Cc1ccc([N+](=O)[O-])c(OC)c1)OCCCn1cc(B2OC(C)(C)C(C)(C)O2)cn1. The molecule has 0 bridgehead atoms. The number of methoxy groups -OCH3 is 1. The minimum absolute atomic E-state index is 0.120. The summed E-state index contributed by atoms with van der Waals surface area (Å²) in [5.41, 5.74) is 0.488. The van der Waals surface area contributed by atoms with Crippen molar-refractivity contribution in [1.82, 2.24) is 9.78 Å². The first kappa shape index (κ1) is 27.1. The van der Waals surface area contributed by atoms with E-state index in [2.05, 4.69) is 11.7 Å². The lowest BCUT2D eigenvalue weighted by atomic mass is 9.82. The van der Waals surface area contributed by atoms with Gasteiger partial charge in [0.2, 0.25) is 7.37 Å². The van der Waals surface area contributed by atoms with E-state index in [1.165, 1.54) is 19.2 Å². The van der Waals surface area contributed by atoms with Crippen molar-refractivity contribution in [2.75, 3.05) is 19.9 Å². The van der Waals surface area contributed by atoms with Gasteiger partial charge in [-0.15, -0.1) is 6.58 Å². The van der Waals surface area contributed by atoms with Gasteiger partial charge in [-0.2, -0.15) is 5.10 Å². The molecule has 1 fully saturated rings. The summed E-state index contributed by atoms with van der Waals surface area (Å²) in [6.45, 7) is 12.5. The fourth-order valence-corrected chi connectivity index (χ4v) is 5.60. The molecule has 2 heterocycles. The molecule has 0 amide bonds. The molecule has 0 aliphatic carbocycles. The standard InChI is InChI=1S/C23H33BN3O7P/c1-7-13-35(30,17-18-9-10-20(27(28)29)21(14-18)31-6)32-12-8-11-26-16-19(15-25-26)24-33-22(2,3)23(4,5)34-24/h7,9-10,14-16H,1,8,11-13,17H2,2-6H3. The average molecular weight is 505 g/mol. The number of nitro benzene ring substituents is 1. The molecular weight excluding hydrogens is 472 g/mol. The van der Waals surface area contributed by atoms with Gasteiger partial charge in [-0.1, -0.05) is 12.1 Å². The largest absolute Gasteiger partial charge is 0.498 e. The Morgan fingerprint density at radius 3 is 2.57 bits per heavy atom. The Morgan fingerprint density at radius 1 is 1.29 bits per heavy atom. The number of nitro groups is 1. The fraction of sp³-hybridized carbons (Fsp3) is 0.522. The highest BCUT2D eigenvalue weighted by Crippen LogP contribution is 2.51. The molecule has 1 aliphatic rings. The number of ether oxygens (including phenoxy) is 1. The van der Waals surface area contributed by atoms with E-state index in [-0.39, 0.29) is 30.4 Å². The van der Waals surface area contributed by atoms with Crippen LogP contribution in [0.25, 0.3) is 0 Å². The molecule has 0 spiro atoms. The van der Waals surface area contributed by atoms with Crippen LogP contribution in [0.1, 0.15) is 39.7 Å². The first-order chi connectivity index (χ1) is 16.4. The molecule has 1 aliphatic heterocycles. The summed E-state index contributed by atoms with van der Waals surface area (Å²) in [5.74, 6) is 0.120. The van der Waals surface area contributed by atoms with E-state index in [1.54, 1.807) is 23.0 Å². The van der Waals surface area contributed by atoms with Gasteiger partial charge in [-0.3, -0.25) is 19.4 Å². The molecular formula is C23H33BN3O7P. The highest BCUT2D eigenvalue weighted by Gasteiger charge is 2.52. The second-order valence-electron chi connectivity index (χ2n) is 9.52. The van der Waals surface area contributed by atoms with Gasteiger partial charge in [0.05, 0.1) is 36.0 Å². The minimum Gasteiger partial charge on any atom is -0.490 e. The monoisotopic (exact) mass is 505 g/mol. The Bertz CT molecular complexity index is 1100. The number of rotatable bonds is 12. The van der Waals surface area contributed by atoms with Crippen LogP contribution in [-0.2, 0) is 31.1 Å². The van der Waals surface area contributed by atoms with Gasteiger partial charge in [0.25, 0.3) is 0 Å². The van der Waals surface area contributed by atoms with E-state index in [0.717, 1.165) is 5.46 Å². The maximum atomic E-state index is 13.4. The van der Waals surface area contributed by atoms with Crippen molar-refractivity contribution in [1.29, 1.82) is 0 Å². The van der Waals surface area contributed by atoms with Crippen LogP contribution < -0.4 is 10.2 Å². The smallest absolute Gasteiger partial charge is 0.490 e. The molecule has 1 aromatic carbocycles. The number of benzene rings is 1. The van der Waals surface area contributed by atoms with Gasteiger partial charge in [0, 0.05) is 36.6 Å². The van der Waals surface area contributed by atoms with Crippen molar-refractivity contribution < 1.29 is 28.1 Å². The van der Waals surface area contributed by atoms with Gasteiger partial charge >= 0.3 is 12.8 Å². The lowest BCUT2D eigenvalue weighted by Crippen LogP contribution is -2.41. The number of hydrogen-bond donors (Lipinski definition) is 0. The van der Waals surface area contributed by atoms with Crippen molar-refractivity contribution in [3.8, 4) is 5.75 Å². The summed E-state index contributed by atoms with van der Waals surface area (Å²) in [6, 6.07) is 4.45. The summed E-state index contributed by atoms with van der Waals surface area (Å²) in [5, 5.41) is 15.5. The molecule has 1 atom stereocenters. The zero-order chi connectivity index (χ0) is 25.9. The van der Waals surface area contributed by atoms with Crippen molar-refractivity contribution in [3.05, 3.63) is 58.9 Å². The molecule has 0 saturated carbocycles. The quantitative estimate of drug-likeness (QED) is 0.105. The molecule has 3 rings (SSSR count). The first-order valence-electron chi connectivity index (χ1n) is 11.4. The van der Waals surface area contributed by atoms with Gasteiger partial charge in [-0.05, 0) is 45.7 Å². The Balaban J connectivity index is 1.56. The third-order valence-corrected chi connectivity index (χ3v) is 8.62. The average Bonchev–Trinajstić information content (AvgIpc) is 3.32. The van der Waals surface area contributed by atoms with Crippen LogP contribution in [0.5, 0.6) is 5.75 Å². The third-order valence-electron chi connectivity index (χ3n) is 6.31. The molecule has 35 heavy (non-hydrogen) atoms. The van der Waals surface area contributed by atoms with E-state index in [0.29, 0.717) is 18.5 Å². The number of nitrogens with zero attached hydrogens (tertiary/aromatic N) is 3. The molecule has 2 aromatic rings. The van der Waals surface area contributed by atoms with Crippen LogP contribution >= 0.6 is 7.37 Å². The maximum Gasteiger partial charge on any atom is 0.498 e. The Kier molecular flexibility index (Phi) is 8.27.